The molecule has 1 aromatic heterocycles. The second-order valence-corrected chi connectivity index (χ2v) is 10.7. The predicted octanol–water partition coefficient (Wildman–Crippen LogP) is 2.25. The van der Waals surface area contributed by atoms with Crippen molar-refractivity contribution < 1.29 is 8.42 Å². The molecule has 2 aromatic rings. The topological polar surface area (TPSA) is 77.0 Å². The summed E-state index contributed by atoms with van der Waals surface area (Å²) in [5.41, 5.74) is 0.709. The van der Waals surface area contributed by atoms with E-state index in [2.05, 4.69) is 39.6 Å². The molecule has 1 saturated heterocycles. The number of aliphatic imine (C=N–C) groups is 1. The number of sulfonamides is 1. The Kier molecular flexibility index (Phi) is 7.87. The largest absolute Gasteiger partial charge is 0.357 e. The molecule has 3 rings (SSSR count). The lowest BCUT2D eigenvalue weighted by Gasteiger charge is -2.32. The van der Waals surface area contributed by atoms with E-state index < -0.39 is 10.0 Å². The molecular weight excluding hydrogens is 418 g/mol. The minimum absolute atomic E-state index is 0.294. The molecule has 0 amide bonds. The summed E-state index contributed by atoms with van der Waals surface area (Å²) >= 11 is 1.75. The number of hydrogen-bond acceptors (Lipinski definition) is 5. The second-order valence-electron chi connectivity index (χ2n) is 7.38. The van der Waals surface area contributed by atoms with Gasteiger partial charge in [-0.15, -0.1) is 11.3 Å². The van der Waals surface area contributed by atoms with E-state index in [0.29, 0.717) is 42.6 Å². The molecule has 0 bridgehead atoms. The molecule has 2 heterocycles. The van der Waals surface area contributed by atoms with E-state index in [1.165, 1.54) is 9.75 Å². The van der Waals surface area contributed by atoms with E-state index in [0.717, 1.165) is 19.6 Å². The van der Waals surface area contributed by atoms with Crippen molar-refractivity contribution in [1.82, 2.24) is 19.8 Å². The fourth-order valence-electron chi connectivity index (χ4n) is 3.31. The van der Waals surface area contributed by atoms with Gasteiger partial charge in [0.1, 0.15) is 0 Å². The number of aryl methyl sites for hydroxylation is 1. The minimum Gasteiger partial charge on any atom is -0.357 e. The van der Waals surface area contributed by atoms with Gasteiger partial charge in [-0.05, 0) is 44.7 Å². The number of hydrogen-bond donors (Lipinski definition) is 2. The molecule has 0 unspecified atom stereocenters. The molecule has 9 heteroatoms. The Morgan fingerprint density at radius 2 is 1.83 bits per heavy atom. The summed E-state index contributed by atoms with van der Waals surface area (Å²) in [5.74, 6) is 0.676. The monoisotopic (exact) mass is 449 g/mol. The van der Waals surface area contributed by atoms with E-state index in [-0.39, 0.29) is 0 Å². The Labute approximate surface area is 183 Å². The van der Waals surface area contributed by atoms with Crippen LogP contribution in [-0.2, 0) is 23.1 Å². The van der Waals surface area contributed by atoms with Gasteiger partial charge in [-0.3, -0.25) is 0 Å². The van der Waals surface area contributed by atoms with Gasteiger partial charge in [0, 0.05) is 42.5 Å². The third-order valence-electron chi connectivity index (χ3n) is 5.03. The highest BCUT2D eigenvalue weighted by Gasteiger charge is 2.29. The van der Waals surface area contributed by atoms with Crippen molar-refractivity contribution in [3.05, 3.63) is 51.7 Å². The summed E-state index contributed by atoms with van der Waals surface area (Å²) in [6.45, 7) is 8.34. The van der Waals surface area contributed by atoms with E-state index in [1.807, 2.05) is 26.1 Å². The maximum atomic E-state index is 13.2. The zero-order chi connectivity index (χ0) is 21.6. The third kappa shape index (κ3) is 5.81. The fourth-order valence-corrected chi connectivity index (χ4v) is 5.78. The molecule has 0 atom stereocenters. The molecule has 7 nitrogen and oxygen atoms in total. The molecule has 164 valence electrons. The first-order valence-corrected chi connectivity index (χ1v) is 12.5. The van der Waals surface area contributed by atoms with Crippen LogP contribution in [0.2, 0.25) is 0 Å². The second kappa shape index (κ2) is 10.4. The van der Waals surface area contributed by atoms with Gasteiger partial charge in [0.05, 0.1) is 18.0 Å². The highest BCUT2D eigenvalue weighted by molar-refractivity contribution is 7.89. The first-order valence-electron chi connectivity index (χ1n) is 10.2. The van der Waals surface area contributed by atoms with Crippen molar-refractivity contribution in [3.63, 3.8) is 0 Å². The lowest BCUT2D eigenvalue weighted by molar-refractivity contribution is 0.222. The first-order chi connectivity index (χ1) is 14.4. The van der Waals surface area contributed by atoms with Crippen LogP contribution in [0.1, 0.15) is 22.2 Å². The van der Waals surface area contributed by atoms with Crippen molar-refractivity contribution in [2.45, 2.75) is 31.8 Å². The zero-order valence-electron chi connectivity index (χ0n) is 17.9. The SMILES string of the molecule is CCNC(=NCc1ccccc1S(=O)(=O)N1CCN(C)CC1)NCc1ccc(C)s1. The van der Waals surface area contributed by atoms with Crippen LogP contribution in [0, 0.1) is 6.92 Å². The van der Waals surface area contributed by atoms with Crippen LogP contribution in [0.15, 0.2) is 46.3 Å². The van der Waals surface area contributed by atoms with Gasteiger partial charge in [-0.2, -0.15) is 4.31 Å². The number of nitrogens with zero attached hydrogens (tertiary/aromatic N) is 3. The van der Waals surface area contributed by atoms with Gasteiger partial charge >= 0.3 is 0 Å². The summed E-state index contributed by atoms with van der Waals surface area (Å²) in [5, 5.41) is 6.57. The van der Waals surface area contributed by atoms with Crippen molar-refractivity contribution in [1.29, 1.82) is 0 Å². The highest BCUT2D eigenvalue weighted by Crippen LogP contribution is 2.22. The Morgan fingerprint density at radius 1 is 1.10 bits per heavy atom. The van der Waals surface area contributed by atoms with E-state index in [4.69, 9.17) is 0 Å². The Bertz CT molecular complexity index is 963. The summed E-state index contributed by atoms with van der Waals surface area (Å²) < 4.78 is 28.0. The Balaban J connectivity index is 1.75. The van der Waals surface area contributed by atoms with E-state index >= 15 is 0 Å². The maximum absolute atomic E-state index is 13.2. The zero-order valence-corrected chi connectivity index (χ0v) is 19.5. The number of rotatable bonds is 7. The minimum atomic E-state index is -3.53. The van der Waals surface area contributed by atoms with Crippen LogP contribution in [0.5, 0.6) is 0 Å². The van der Waals surface area contributed by atoms with Crippen LogP contribution in [-0.4, -0.2) is 63.4 Å². The number of piperazine rings is 1. The normalized spacial score (nSPS) is 16.6. The lowest BCUT2D eigenvalue weighted by atomic mass is 10.2. The number of thiophene rings is 1. The fraction of sp³-hybridized carbons (Fsp3) is 0.476. The first kappa shape index (κ1) is 22.7. The quantitative estimate of drug-likeness (QED) is 0.501. The van der Waals surface area contributed by atoms with Gasteiger partial charge in [0.25, 0.3) is 0 Å². The Morgan fingerprint density at radius 3 is 2.50 bits per heavy atom. The molecule has 30 heavy (non-hydrogen) atoms. The molecule has 0 saturated carbocycles. The van der Waals surface area contributed by atoms with Crippen molar-refractivity contribution in [2.24, 2.45) is 4.99 Å². The number of likely N-dealkylation sites (N-methyl/N-ethyl adjacent to an activating group) is 1. The van der Waals surface area contributed by atoms with Crippen LogP contribution in [0.4, 0.5) is 0 Å². The van der Waals surface area contributed by atoms with Crippen LogP contribution < -0.4 is 10.6 Å². The van der Waals surface area contributed by atoms with Gasteiger partial charge < -0.3 is 15.5 Å². The molecule has 0 aliphatic carbocycles. The van der Waals surface area contributed by atoms with Crippen LogP contribution in [0.25, 0.3) is 0 Å². The molecule has 1 fully saturated rings. The van der Waals surface area contributed by atoms with Crippen molar-refractivity contribution in [2.75, 3.05) is 39.8 Å². The summed E-state index contributed by atoms with van der Waals surface area (Å²) in [6.07, 6.45) is 0. The molecule has 0 radical (unpaired) electrons. The predicted molar refractivity (Wildman–Crippen MR) is 123 cm³/mol. The summed E-state index contributed by atoms with van der Waals surface area (Å²) in [6, 6.07) is 11.4. The van der Waals surface area contributed by atoms with Crippen LogP contribution >= 0.6 is 11.3 Å². The van der Waals surface area contributed by atoms with Crippen molar-refractivity contribution in [3.8, 4) is 0 Å². The number of benzene rings is 1. The number of nitrogens with one attached hydrogen (secondary N) is 2. The molecular formula is C21H31N5O2S2. The average Bonchev–Trinajstić information content (AvgIpc) is 3.16. The van der Waals surface area contributed by atoms with Gasteiger partial charge in [0.2, 0.25) is 10.0 Å². The van der Waals surface area contributed by atoms with E-state index in [9.17, 15) is 8.42 Å². The van der Waals surface area contributed by atoms with Gasteiger partial charge in [-0.25, -0.2) is 13.4 Å². The number of guanidine groups is 1. The van der Waals surface area contributed by atoms with Crippen LogP contribution in [0.3, 0.4) is 0 Å². The standard InChI is InChI=1S/C21H31N5O2S2/c1-4-22-21(24-16-19-10-9-17(2)29-19)23-15-18-7-5-6-8-20(18)30(27,28)26-13-11-25(3)12-14-26/h5-10H,4,11-16H2,1-3H3,(H2,22,23,24). The van der Waals surface area contributed by atoms with E-state index in [1.54, 1.807) is 27.8 Å². The smallest absolute Gasteiger partial charge is 0.243 e. The lowest BCUT2D eigenvalue weighted by Crippen LogP contribution is -2.47. The summed E-state index contributed by atoms with van der Waals surface area (Å²) in [4.78, 5) is 9.65. The molecule has 1 aliphatic rings. The molecule has 1 aromatic carbocycles. The summed E-state index contributed by atoms with van der Waals surface area (Å²) in [7, 11) is -1.52. The third-order valence-corrected chi connectivity index (χ3v) is 8.03. The average molecular weight is 450 g/mol. The molecule has 2 N–H and O–H groups in total. The van der Waals surface area contributed by atoms with Gasteiger partial charge in [-0.1, -0.05) is 18.2 Å². The van der Waals surface area contributed by atoms with Gasteiger partial charge in [0.15, 0.2) is 5.96 Å². The Hall–Kier alpha value is -1.94. The molecule has 0 spiro atoms. The highest BCUT2D eigenvalue weighted by atomic mass is 32.2. The molecule has 1 aliphatic heterocycles. The maximum Gasteiger partial charge on any atom is 0.243 e. The van der Waals surface area contributed by atoms with Crippen molar-refractivity contribution >= 4 is 27.3 Å².